The lowest BCUT2D eigenvalue weighted by molar-refractivity contribution is 0.0663. The van der Waals surface area contributed by atoms with E-state index < -0.39 is 5.54 Å². The van der Waals surface area contributed by atoms with Gasteiger partial charge in [0.05, 0.1) is 23.8 Å². The molecule has 6 heteroatoms. The fourth-order valence-electron chi connectivity index (χ4n) is 1.97. The average molecular weight is 294 g/mol. The van der Waals surface area contributed by atoms with Crippen molar-refractivity contribution >= 4 is 5.91 Å². The van der Waals surface area contributed by atoms with Crippen molar-refractivity contribution in [3.63, 3.8) is 0 Å². The molecule has 0 aliphatic carbocycles. The Morgan fingerprint density at radius 3 is 2.95 bits per heavy atom. The molecule has 0 unspecified atom stereocenters. The van der Waals surface area contributed by atoms with Crippen molar-refractivity contribution in [1.29, 1.82) is 0 Å². The smallest absolute Gasteiger partial charge is 0.253 e. The van der Waals surface area contributed by atoms with Gasteiger partial charge in [0.2, 0.25) is 5.88 Å². The Morgan fingerprint density at radius 2 is 2.38 bits per heavy atom. The summed E-state index contributed by atoms with van der Waals surface area (Å²) in [6.07, 6.45) is 3.69. The quantitative estimate of drug-likeness (QED) is 0.822. The number of nitrogens with one attached hydrogen (secondary N) is 1. The van der Waals surface area contributed by atoms with Crippen LogP contribution in [0.25, 0.3) is 0 Å². The van der Waals surface area contributed by atoms with Crippen molar-refractivity contribution < 1.29 is 19.4 Å². The Balaban J connectivity index is 1.87. The van der Waals surface area contributed by atoms with E-state index >= 15 is 0 Å². The summed E-state index contributed by atoms with van der Waals surface area (Å²) in [7, 11) is 0. The van der Waals surface area contributed by atoms with Gasteiger partial charge in [0.1, 0.15) is 6.61 Å². The minimum Gasteiger partial charge on any atom is -0.475 e. The fourth-order valence-corrected chi connectivity index (χ4v) is 1.97. The zero-order chi connectivity index (χ0) is 15.3. The van der Waals surface area contributed by atoms with Crippen LogP contribution in [0.5, 0.6) is 5.88 Å². The van der Waals surface area contributed by atoms with Gasteiger partial charge < -0.3 is 19.9 Å². The first-order valence-corrected chi connectivity index (χ1v) is 7.14. The van der Waals surface area contributed by atoms with Crippen LogP contribution in [-0.2, 0) is 4.74 Å². The van der Waals surface area contributed by atoms with Crippen LogP contribution in [-0.4, -0.2) is 47.5 Å². The van der Waals surface area contributed by atoms with E-state index in [0.29, 0.717) is 18.1 Å². The number of aromatic nitrogens is 1. The minimum atomic E-state index is -0.661. The number of pyridine rings is 1. The van der Waals surface area contributed by atoms with E-state index in [1.165, 1.54) is 6.20 Å². The first-order chi connectivity index (χ1) is 10.00. The van der Waals surface area contributed by atoms with Gasteiger partial charge in [-0.2, -0.15) is 0 Å². The van der Waals surface area contributed by atoms with E-state index in [-0.39, 0.29) is 18.6 Å². The maximum absolute atomic E-state index is 12.0. The second-order valence-electron chi connectivity index (χ2n) is 5.83. The topological polar surface area (TPSA) is 80.7 Å². The molecule has 2 N–H and O–H groups in total. The number of rotatable bonds is 6. The van der Waals surface area contributed by atoms with E-state index in [1.54, 1.807) is 26.0 Å². The van der Waals surface area contributed by atoms with Crippen LogP contribution in [0, 0.1) is 0 Å². The molecule has 1 fully saturated rings. The largest absolute Gasteiger partial charge is 0.475 e. The third-order valence-corrected chi connectivity index (χ3v) is 3.29. The van der Waals surface area contributed by atoms with Gasteiger partial charge in [-0.05, 0) is 32.8 Å². The third kappa shape index (κ3) is 4.68. The molecule has 0 spiro atoms. The molecule has 0 aromatic carbocycles. The normalized spacial score (nSPS) is 18.5. The van der Waals surface area contributed by atoms with E-state index in [1.807, 2.05) is 0 Å². The Hall–Kier alpha value is -1.66. The minimum absolute atomic E-state index is 0.130. The van der Waals surface area contributed by atoms with Gasteiger partial charge in [-0.1, -0.05) is 0 Å². The molecule has 1 aromatic heterocycles. The molecule has 1 saturated heterocycles. The Kier molecular flexibility index (Phi) is 5.14. The number of nitrogens with zero attached hydrogens (tertiary/aromatic N) is 1. The standard InChI is InChI=1S/C15H22N2O4/c1-15(2,10-18)17-14(19)11-5-6-13(16-8-11)21-9-12-4-3-7-20-12/h5-6,8,12,18H,3-4,7,9-10H2,1-2H3,(H,17,19)/t12-/m0/s1. The Bertz CT molecular complexity index is 467. The van der Waals surface area contributed by atoms with Crippen molar-refractivity contribution in [2.24, 2.45) is 0 Å². The molecule has 0 bridgehead atoms. The zero-order valence-corrected chi connectivity index (χ0v) is 12.5. The number of aliphatic hydroxyl groups excluding tert-OH is 1. The molecule has 21 heavy (non-hydrogen) atoms. The molecule has 1 atom stereocenters. The van der Waals surface area contributed by atoms with Gasteiger partial charge in [-0.25, -0.2) is 4.98 Å². The number of hydrogen-bond donors (Lipinski definition) is 2. The zero-order valence-electron chi connectivity index (χ0n) is 12.5. The number of ether oxygens (including phenoxy) is 2. The second kappa shape index (κ2) is 6.87. The van der Waals surface area contributed by atoms with Crippen LogP contribution in [0.1, 0.15) is 37.0 Å². The third-order valence-electron chi connectivity index (χ3n) is 3.29. The number of carbonyl (C=O) groups is 1. The van der Waals surface area contributed by atoms with Gasteiger partial charge in [-0.3, -0.25) is 4.79 Å². The number of hydrogen-bond acceptors (Lipinski definition) is 5. The number of aliphatic hydroxyl groups is 1. The monoisotopic (exact) mass is 294 g/mol. The molecule has 1 aromatic rings. The molecule has 2 rings (SSSR count). The van der Waals surface area contributed by atoms with E-state index in [0.717, 1.165) is 19.4 Å². The maximum Gasteiger partial charge on any atom is 0.253 e. The molecule has 1 amide bonds. The first kappa shape index (κ1) is 15.7. The van der Waals surface area contributed by atoms with Gasteiger partial charge in [0, 0.05) is 18.9 Å². The lowest BCUT2D eigenvalue weighted by atomic mass is 10.1. The average Bonchev–Trinajstić information content (AvgIpc) is 2.98. The summed E-state index contributed by atoms with van der Waals surface area (Å²) in [5, 5.41) is 11.9. The van der Waals surface area contributed by atoms with Crippen LogP contribution in [0.15, 0.2) is 18.3 Å². The lowest BCUT2D eigenvalue weighted by Gasteiger charge is -2.23. The van der Waals surface area contributed by atoms with Crippen molar-refractivity contribution in [2.45, 2.75) is 38.3 Å². The summed E-state index contributed by atoms with van der Waals surface area (Å²) in [4.78, 5) is 16.1. The first-order valence-electron chi connectivity index (χ1n) is 7.14. The molecule has 6 nitrogen and oxygen atoms in total. The molecular formula is C15H22N2O4. The van der Waals surface area contributed by atoms with Crippen LogP contribution >= 0.6 is 0 Å². The fraction of sp³-hybridized carbons (Fsp3) is 0.600. The van der Waals surface area contributed by atoms with Gasteiger partial charge >= 0.3 is 0 Å². The van der Waals surface area contributed by atoms with E-state index in [9.17, 15) is 4.79 Å². The van der Waals surface area contributed by atoms with Crippen molar-refractivity contribution in [3.05, 3.63) is 23.9 Å². The predicted octanol–water partition coefficient (Wildman–Crippen LogP) is 1.14. The molecule has 0 radical (unpaired) electrons. The number of amides is 1. The van der Waals surface area contributed by atoms with E-state index in [2.05, 4.69) is 10.3 Å². The van der Waals surface area contributed by atoms with E-state index in [4.69, 9.17) is 14.6 Å². The summed E-state index contributed by atoms with van der Waals surface area (Å²) in [6, 6.07) is 3.32. The molecule has 2 heterocycles. The molecule has 1 aliphatic rings. The van der Waals surface area contributed by atoms with Crippen LogP contribution in [0.4, 0.5) is 0 Å². The maximum atomic E-state index is 12.0. The SMILES string of the molecule is CC(C)(CO)NC(=O)c1ccc(OC[C@@H]2CCCO2)nc1. The summed E-state index contributed by atoms with van der Waals surface area (Å²) in [5.41, 5.74) is -0.229. The Labute approximate surface area is 124 Å². The van der Waals surface area contributed by atoms with Crippen LogP contribution in [0.2, 0.25) is 0 Å². The summed E-state index contributed by atoms with van der Waals surface area (Å²) in [5.74, 6) is 0.204. The summed E-state index contributed by atoms with van der Waals surface area (Å²) in [6.45, 7) is 4.64. The van der Waals surface area contributed by atoms with Crippen molar-refractivity contribution in [3.8, 4) is 5.88 Å². The van der Waals surface area contributed by atoms with Crippen LogP contribution in [0.3, 0.4) is 0 Å². The molecule has 1 aliphatic heterocycles. The second-order valence-corrected chi connectivity index (χ2v) is 5.83. The van der Waals surface area contributed by atoms with Gasteiger partial charge in [0.25, 0.3) is 5.91 Å². The van der Waals surface area contributed by atoms with Crippen molar-refractivity contribution in [2.75, 3.05) is 19.8 Å². The Morgan fingerprint density at radius 1 is 1.57 bits per heavy atom. The van der Waals surface area contributed by atoms with Gasteiger partial charge in [0.15, 0.2) is 0 Å². The van der Waals surface area contributed by atoms with Crippen LogP contribution < -0.4 is 10.1 Å². The molecule has 0 saturated carbocycles. The predicted molar refractivity (Wildman–Crippen MR) is 77.3 cm³/mol. The highest BCUT2D eigenvalue weighted by molar-refractivity contribution is 5.94. The molecular weight excluding hydrogens is 272 g/mol. The highest BCUT2D eigenvalue weighted by Crippen LogP contribution is 2.14. The van der Waals surface area contributed by atoms with Crippen molar-refractivity contribution in [1.82, 2.24) is 10.3 Å². The highest BCUT2D eigenvalue weighted by Gasteiger charge is 2.20. The summed E-state index contributed by atoms with van der Waals surface area (Å²) >= 11 is 0. The summed E-state index contributed by atoms with van der Waals surface area (Å²) < 4.78 is 11.0. The molecule has 116 valence electrons. The van der Waals surface area contributed by atoms with Gasteiger partial charge in [-0.15, -0.1) is 0 Å². The lowest BCUT2D eigenvalue weighted by Crippen LogP contribution is -2.46. The number of carbonyl (C=O) groups excluding carboxylic acids is 1. The highest BCUT2D eigenvalue weighted by atomic mass is 16.5.